The molecule has 1 aromatic carbocycles. The predicted octanol–water partition coefficient (Wildman–Crippen LogP) is 1.51. The van der Waals surface area contributed by atoms with Crippen LogP contribution in [0, 0.1) is 0 Å². The number of carbonyl (C=O) groups excluding carboxylic acids is 1. The molecule has 0 unspecified atom stereocenters. The SMILES string of the molecule is CN(C)CC=C1CCN(c2cccc3c2CNC3)C1=O. The summed E-state index contributed by atoms with van der Waals surface area (Å²) < 4.78 is 0. The van der Waals surface area contributed by atoms with Crippen molar-refractivity contribution >= 4 is 11.6 Å². The Balaban J connectivity index is 1.85. The van der Waals surface area contributed by atoms with Crippen LogP contribution in [-0.2, 0) is 17.9 Å². The summed E-state index contributed by atoms with van der Waals surface area (Å²) in [6.07, 6.45) is 2.91. The smallest absolute Gasteiger partial charge is 0.254 e. The zero-order valence-corrected chi connectivity index (χ0v) is 12.1. The number of benzene rings is 1. The van der Waals surface area contributed by atoms with E-state index in [9.17, 15) is 4.79 Å². The summed E-state index contributed by atoms with van der Waals surface area (Å²) in [5, 5.41) is 3.36. The van der Waals surface area contributed by atoms with Gasteiger partial charge >= 0.3 is 0 Å². The topological polar surface area (TPSA) is 35.6 Å². The highest BCUT2D eigenvalue weighted by atomic mass is 16.2. The molecule has 0 bridgehead atoms. The van der Waals surface area contributed by atoms with E-state index in [-0.39, 0.29) is 5.91 Å². The Morgan fingerprint density at radius 1 is 1.35 bits per heavy atom. The molecule has 106 valence electrons. The molecule has 2 heterocycles. The molecule has 0 aromatic heterocycles. The Hall–Kier alpha value is -1.65. The molecule has 0 saturated carbocycles. The maximum Gasteiger partial charge on any atom is 0.254 e. The quantitative estimate of drug-likeness (QED) is 0.847. The molecule has 3 rings (SSSR count). The van der Waals surface area contributed by atoms with Gasteiger partial charge in [0.2, 0.25) is 0 Å². The van der Waals surface area contributed by atoms with Crippen LogP contribution in [0.2, 0.25) is 0 Å². The maximum atomic E-state index is 12.5. The average molecular weight is 271 g/mol. The summed E-state index contributed by atoms with van der Waals surface area (Å²) in [6, 6.07) is 6.26. The van der Waals surface area contributed by atoms with Crippen molar-refractivity contribution in [2.24, 2.45) is 0 Å². The highest BCUT2D eigenvalue weighted by Gasteiger charge is 2.29. The lowest BCUT2D eigenvalue weighted by Crippen LogP contribution is -2.26. The van der Waals surface area contributed by atoms with E-state index in [4.69, 9.17) is 0 Å². The highest BCUT2D eigenvalue weighted by molar-refractivity contribution is 6.08. The summed E-state index contributed by atoms with van der Waals surface area (Å²) in [6.45, 7) is 3.40. The van der Waals surface area contributed by atoms with Crippen LogP contribution in [0.5, 0.6) is 0 Å². The zero-order valence-electron chi connectivity index (χ0n) is 12.1. The normalized spacial score (nSPS) is 20.2. The van der Waals surface area contributed by atoms with Crippen molar-refractivity contribution in [3.05, 3.63) is 41.0 Å². The molecule has 4 heteroatoms. The van der Waals surface area contributed by atoms with Crippen LogP contribution in [0.15, 0.2) is 29.8 Å². The van der Waals surface area contributed by atoms with Gasteiger partial charge in [-0.25, -0.2) is 0 Å². The molecule has 20 heavy (non-hydrogen) atoms. The van der Waals surface area contributed by atoms with Crippen LogP contribution in [0.1, 0.15) is 17.5 Å². The van der Waals surface area contributed by atoms with Gasteiger partial charge in [0.25, 0.3) is 5.91 Å². The van der Waals surface area contributed by atoms with E-state index in [1.54, 1.807) is 0 Å². The number of carbonyl (C=O) groups is 1. The Kier molecular flexibility index (Phi) is 3.59. The number of amides is 1. The van der Waals surface area contributed by atoms with Crippen LogP contribution >= 0.6 is 0 Å². The first-order valence-electron chi connectivity index (χ1n) is 7.14. The predicted molar refractivity (Wildman–Crippen MR) is 80.6 cm³/mol. The molecule has 4 nitrogen and oxygen atoms in total. The highest BCUT2D eigenvalue weighted by Crippen LogP contribution is 2.31. The minimum atomic E-state index is 0.173. The lowest BCUT2D eigenvalue weighted by atomic mass is 10.1. The van der Waals surface area contributed by atoms with Crippen LogP contribution in [0.25, 0.3) is 0 Å². The van der Waals surface area contributed by atoms with Gasteiger partial charge in [0.15, 0.2) is 0 Å². The monoisotopic (exact) mass is 271 g/mol. The second kappa shape index (κ2) is 5.38. The summed E-state index contributed by atoms with van der Waals surface area (Å²) in [5.74, 6) is 0.173. The van der Waals surface area contributed by atoms with Crippen LogP contribution in [0.3, 0.4) is 0 Å². The van der Waals surface area contributed by atoms with E-state index in [0.29, 0.717) is 0 Å². The van der Waals surface area contributed by atoms with E-state index in [1.165, 1.54) is 11.1 Å². The van der Waals surface area contributed by atoms with Crippen molar-refractivity contribution in [3.8, 4) is 0 Å². The molecule has 0 radical (unpaired) electrons. The third-order valence-corrected chi connectivity index (χ3v) is 3.98. The average Bonchev–Trinajstić information content (AvgIpc) is 3.02. The Morgan fingerprint density at radius 2 is 2.20 bits per heavy atom. The molecule has 1 saturated heterocycles. The molecule has 1 aromatic rings. The first-order valence-corrected chi connectivity index (χ1v) is 7.14. The van der Waals surface area contributed by atoms with Gasteiger partial charge in [-0.05, 0) is 37.7 Å². The van der Waals surface area contributed by atoms with Gasteiger partial charge in [0, 0.05) is 37.4 Å². The fourth-order valence-electron chi connectivity index (χ4n) is 2.89. The van der Waals surface area contributed by atoms with Gasteiger partial charge in [-0.1, -0.05) is 18.2 Å². The van der Waals surface area contributed by atoms with E-state index < -0.39 is 0 Å². The summed E-state index contributed by atoms with van der Waals surface area (Å²) >= 11 is 0. The first kappa shape index (κ1) is 13.3. The first-order chi connectivity index (χ1) is 9.66. The molecule has 1 amide bonds. The Morgan fingerprint density at radius 3 is 3.00 bits per heavy atom. The van der Waals surface area contributed by atoms with E-state index in [1.807, 2.05) is 19.0 Å². The number of nitrogens with zero attached hydrogens (tertiary/aromatic N) is 2. The number of fused-ring (bicyclic) bond motifs is 1. The number of nitrogens with one attached hydrogen (secondary N) is 1. The number of likely N-dealkylation sites (N-methyl/N-ethyl adjacent to an activating group) is 1. The summed E-state index contributed by atoms with van der Waals surface area (Å²) in [5.41, 5.74) is 4.64. The fraction of sp³-hybridized carbons (Fsp3) is 0.438. The Bertz CT molecular complexity index is 563. The number of anilines is 1. The lowest BCUT2D eigenvalue weighted by molar-refractivity contribution is -0.114. The van der Waals surface area contributed by atoms with Crippen molar-refractivity contribution in [2.45, 2.75) is 19.5 Å². The van der Waals surface area contributed by atoms with Gasteiger partial charge in [-0.2, -0.15) is 0 Å². The number of rotatable bonds is 3. The molecular formula is C16H21N3O. The molecule has 1 fully saturated rings. The lowest BCUT2D eigenvalue weighted by Gasteiger charge is -2.19. The molecule has 0 aliphatic carbocycles. The number of hydrogen-bond donors (Lipinski definition) is 1. The van der Waals surface area contributed by atoms with Gasteiger partial charge in [-0.3, -0.25) is 4.79 Å². The Labute approximate surface area is 120 Å². The molecule has 1 N–H and O–H groups in total. The van der Waals surface area contributed by atoms with Crippen LogP contribution in [0.4, 0.5) is 5.69 Å². The maximum absolute atomic E-state index is 12.5. The molecule has 2 aliphatic heterocycles. The second-order valence-electron chi connectivity index (χ2n) is 5.72. The second-order valence-corrected chi connectivity index (χ2v) is 5.72. The van der Waals surface area contributed by atoms with Crippen LogP contribution in [-0.4, -0.2) is 38.0 Å². The largest absolute Gasteiger partial charge is 0.309 e. The van der Waals surface area contributed by atoms with Gasteiger partial charge in [0.1, 0.15) is 0 Å². The third-order valence-electron chi connectivity index (χ3n) is 3.98. The molecule has 0 spiro atoms. The van der Waals surface area contributed by atoms with Gasteiger partial charge < -0.3 is 15.1 Å². The van der Waals surface area contributed by atoms with Gasteiger partial charge in [0.05, 0.1) is 0 Å². The fourth-order valence-corrected chi connectivity index (χ4v) is 2.89. The van der Waals surface area contributed by atoms with Crippen molar-refractivity contribution in [1.29, 1.82) is 0 Å². The van der Waals surface area contributed by atoms with Gasteiger partial charge in [-0.15, -0.1) is 0 Å². The van der Waals surface area contributed by atoms with Crippen molar-refractivity contribution in [2.75, 3.05) is 32.1 Å². The van der Waals surface area contributed by atoms with Crippen LogP contribution < -0.4 is 10.2 Å². The van der Waals surface area contributed by atoms with Crippen molar-refractivity contribution in [3.63, 3.8) is 0 Å². The summed E-state index contributed by atoms with van der Waals surface area (Å²) in [7, 11) is 4.04. The standard InChI is InChI=1S/C16H21N3O/c1-18(2)8-6-12-7-9-19(16(12)20)15-5-3-4-13-10-17-11-14(13)15/h3-6,17H,7-11H2,1-2H3. The van der Waals surface area contributed by atoms with E-state index >= 15 is 0 Å². The minimum absolute atomic E-state index is 0.173. The summed E-state index contributed by atoms with van der Waals surface area (Å²) in [4.78, 5) is 16.6. The van der Waals surface area contributed by atoms with Crippen molar-refractivity contribution in [1.82, 2.24) is 10.2 Å². The third kappa shape index (κ3) is 2.37. The van der Waals surface area contributed by atoms with Crippen molar-refractivity contribution < 1.29 is 4.79 Å². The molecule has 2 aliphatic rings. The molecular weight excluding hydrogens is 250 g/mol. The minimum Gasteiger partial charge on any atom is -0.309 e. The number of hydrogen-bond acceptors (Lipinski definition) is 3. The van der Waals surface area contributed by atoms with E-state index in [0.717, 1.165) is 43.9 Å². The molecule has 0 atom stereocenters. The van der Waals surface area contributed by atoms with E-state index in [2.05, 4.69) is 34.5 Å². The zero-order chi connectivity index (χ0) is 14.1.